The van der Waals surface area contributed by atoms with Crippen LogP contribution in [-0.4, -0.2) is 37.9 Å². The molecule has 1 saturated carbocycles. The molecule has 1 aliphatic carbocycles. The van der Waals surface area contributed by atoms with Crippen LogP contribution in [0.15, 0.2) is 0 Å². The van der Waals surface area contributed by atoms with Gasteiger partial charge < -0.3 is 0 Å². The van der Waals surface area contributed by atoms with Crippen molar-refractivity contribution in [1.82, 2.24) is 4.31 Å². The lowest BCUT2D eigenvalue weighted by molar-refractivity contribution is -0.123. The summed E-state index contributed by atoms with van der Waals surface area (Å²) in [6.07, 6.45) is 9.27. The molecule has 2 fully saturated rings. The van der Waals surface area contributed by atoms with Crippen molar-refractivity contribution in [1.29, 1.82) is 0 Å². The normalized spacial score (nSPS) is 31.1. The molecule has 1 heterocycles. The Morgan fingerprint density at radius 3 is 2.68 bits per heavy atom. The van der Waals surface area contributed by atoms with Crippen molar-refractivity contribution in [2.75, 3.05) is 19.3 Å². The number of hydrogen-bond acceptors (Lipinski definition) is 3. The molecule has 0 aromatic heterocycles. The zero-order valence-corrected chi connectivity index (χ0v) is 12.6. The van der Waals surface area contributed by atoms with Crippen molar-refractivity contribution < 1.29 is 13.2 Å². The predicted octanol–water partition coefficient (Wildman–Crippen LogP) is 2.20. The number of nitrogens with zero attached hydrogens (tertiary/aromatic N) is 1. The Hall–Kier alpha value is -0.420. The fourth-order valence-electron chi connectivity index (χ4n) is 3.40. The highest BCUT2D eigenvalue weighted by Crippen LogP contribution is 2.30. The first-order valence-corrected chi connectivity index (χ1v) is 9.29. The van der Waals surface area contributed by atoms with Gasteiger partial charge in [-0.05, 0) is 38.0 Å². The first kappa shape index (κ1) is 15.0. The molecule has 2 atom stereocenters. The van der Waals surface area contributed by atoms with Crippen molar-refractivity contribution in [3.63, 3.8) is 0 Å². The number of sulfonamides is 1. The van der Waals surface area contributed by atoms with Crippen LogP contribution in [0.25, 0.3) is 0 Å². The summed E-state index contributed by atoms with van der Waals surface area (Å²) in [5.41, 5.74) is 0. The van der Waals surface area contributed by atoms with E-state index in [2.05, 4.69) is 0 Å². The number of Topliss-reactive ketones (excluding diaryl/α,β-unsaturated/α-hetero) is 1. The van der Waals surface area contributed by atoms with Gasteiger partial charge in [0.25, 0.3) is 0 Å². The Morgan fingerprint density at radius 1 is 1.16 bits per heavy atom. The molecule has 2 rings (SSSR count). The molecule has 110 valence electrons. The summed E-state index contributed by atoms with van der Waals surface area (Å²) in [6.45, 7) is 1.26. The van der Waals surface area contributed by atoms with Crippen LogP contribution in [-0.2, 0) is 14.8 Å². The standard InChI is InChI=1S/C14H25NO3S/c1-19(17,18)15-9-5-6-12(11-15)10-13-7-3-2-4-8-14(13)16/h12-13H,2-11H2,1H3. The van der Waals surface area contributed by atoms with Crippen molar-refractivity contribution in [3.8, 4) is 0 Å². The fraction of sp³-hybridized carbons (Fsp3) is 0.929. The summed E-state index contributed by atoms with van der Waals surface area (Å²) in [6, 6.07) is 0. The first-order chi connectivity index (χ1) is 8.97. The molecule has 0 amide bonds. The lowest BCUT2D eigenvalue weighted by Crippen LogP contribution is -2.40. The lowest BCUT2D eigenvalue weighted by atomic mass is 9.85. The number of carbonyl (C=O) groups is 1. The third kappa shape index (κ3) is 4.28. The van der Waals surface area contributed by atoms with Gasteiger partial charge in [0.2, 0.25) is 10.0 Å². The minimum atomic E-state index is -3.07. The SMILES string of the molecule is CS(=O)(=O)N1CCCC(CC2CCCCCC2=O)C1. The average Bonchev–Trinajstić information content (AvgIpc) is 2.54. The van der Waals surface area contributed by atoms with Crippen LogP contribution in [0.5, 0.6) is 0 Å². The molecule has 5 heteroatoms. The molecule has 0 aromatic rings. The first-order valence-electron chi connectivity index (χ1n) is 7.44. The quantitative estimate of drug-likeness (QED) is 0.748. The van der Waals surface area contributed by atoms with Crippen LogP contribution >= 0.6 is 0 Å². The van der Waals surface area contributed by atoms with Gasteiger partial charge in [0.1, 0.15) is 5.78 Å². The number of piperidine rings is 1. The third-order valence-corrected chi connectivity index (χ3v) is 5.77. The lowest BCUT2D eigenvalue weighted by Gasteiger charge is -2.32. The Morgan fingerprint density at radius 2 is 1.95 bits per heavy atom. The molecule has 0 spiro atoms. The predicted molar refractivity (Wildman–Crippen MR) is 75.3 cm³/mol. The molecule has 2 unspecified atom stereocenters. The molecule has 19 heavy (non-hydrogen) atoms. The van der Waals surface area contributed by atoms with E-state index in [-0.39, 0.29) is 5.92 Å². The van der Waals surface area contributed by atoms with E-state index in [0.29, 0.717) is 24.8 Å². The molecule has 4 nitrogen and oxygen atoms in total. The van der Waals surface area contributed by atoms with Gasteiger partial charge >= 0.3 is 0 Å². The van der Waals surface area contributed by atoms with Gasteiger partial charge in [-0.25, -0.2) is 12.7 Å². The van der Waals surface area contributed by atoms with Crippen LogP contribution in [0.4, 0.5) is 0 Å². The Kier molecular flexibility index (Phi) is 5.01. The molecule has 0 N–H and O–H groups in total. The molecular weight excluding hydrogens is 262 g/mol. The van der Waals surface area contributed by atoms with Gasteiger partial charge in [0, 0.05) is 25.4 Å². The van der Waals surface area contributed by atoms with Gasteiger partial charge in [-0.15, -0.1) is 0 Å². The second kappa shape index (κ2) is 6.35. The molecule has 0 bridgehead atoms. The second-order valence-electron chi connectivity index (χ2n) is 6.13. The molecular formula is C14H25NO3S. The maximum Gasteiger partial charge on any atom is 0.211 e. The highest BCUT2D eigenvalue weighted by molar-refractivity contribution is 7.88. The molecule has 0 radical (unpaired) electrons. The molecule has 1 saturated heterocycles. The number of hydrogen-bond donors (Lipinski definition) is 0. The van der Waals surface area contributed by atoms with Crippen LogP contribution in [0, 0.1) is 11.8 Å². The van der Waals surface area contributed by atoms with Crippen molar-refractivity contribution in [2.45, 2.75) is 51.4 Å². The number of ketones is 1. The highest BCUT2D eigenvalue weighted by atomic mass is 32.2. The van der Waals surface area contributed by atoms with Crippen LogP contribution in [0.3, 0.4) is 0 Å². The smallest absolute Gasteiger partial charge is 0.211 e. The van der Waals surface area contributed by atoms with Gasteiger partial charge in [0.05, 0.1) is 6.26 Å². The van der Waals surface area contributed by atoms with E-state index in [1.54, 1.807) is 4.31 Å². The van der Waals surface area contributed by atoms with Crippen molar-refractivity contribution in [3.05, 3.63) is 0 Å². The van der Waals surface area contributed by atoms with E-state index in [4.69, 9.17) is 0 Å². The Bertz CT molecular complexity index is 418. The highest BCUT2D eigenvalue weighted by Gasteiger charge is 2.30. The minimum Gasteiger partial charge on any atom is -0.299 e. The van der Waals surface area contributed by atoms with Crippen LogP contribution < -0.4 is 0 Å². The summed E-state index contributed by atoms with van der Waals surface area (Å²) in [5.74, 6) is 0.969. The third-order valence-electron chi connectivity index (χ3n) is 4.50. The van der Waals surface area contributed by atoms with Gasteiger partial charge in [-0.1, -0.05) is 12.8 Å². The van der Waals surface area contributed by atoms with E-state index in [0.717, 1.165) is 44.9 Å². The summed E-state index contributed by atoms with van der Waals surface area (Å²) in [5, 5.41) is 0. The summed E-state index contributed by atoms with van der Waals surface area (Å²) < 4.78 is 24.8. The molecule has 1 aliphatic heterocycles. The van der Waals surface area contributed by atoms with Crippen molar-refractivity contribution in [2.24, 2.45) is 11.8 Å². The van der Waals surface area contributed by atoms with E-state index in [1.165, 1.54) is 12.7 Å². The second-order valence-corrected chi connectivity index (χ2v) is 8.11. The van der Waals surface area contributed by atoms with Gasteiger partial charge in [0.15, 0.2) is 0 Å². The monoisotopic (exact) mass is 287 g/mol. The van der Waals surface area contributed by atoms with Gasteiger partial charge in [-0.3, -0.25) is 4.79 Å². The van der Waals surface area contributed by atoms with Crippen LogP contribution in [0.2, 0.25) is 0 Å². The fourth-order valence-corrected chi connectivity index (χ4v) is 4.35. The average molecular weight is 287 g/mol. The summed E-state index contributed by atoms with van der Waals surface area (Å²) >= 11 is 0. The van der Waals surface area contributed by atoms with Crippen molar-refractivity contribution >= 4 is 15.8 Å². The minimum absolute atomic E-state index is 0.187. The van der Waals surface area contributed by atoms with Gasteiger partial charge in [-0.2, -0.15) is 0 Å². The van der Waals surface area contributed by atoms with E-state index < -0.39 is 10.0 Å². The zero-order valence-electron chi connectivity index (χ0n) is 11.8. The largest absolute Gasteiger partial charge is 0.299 e. The molecule has 0 aromatic carbocycles. The Labute approximate surface area is 116 Å². The number of rotatable bonds is 3. The topological polar surface area (TPSA) is 54.5 Å². The van der Waals surface area contributed by atoms with E-state index in [9.17, 15) is 13.2 Å². The maximum absolute atomic E-state index is 12.0. The summed E-state index contributed by atoms with van der Waals surface area (Å²) in [7, 11) is -3.07. The van der Waals surface area contributed by atoms with Crippen LogP contribution in [0.1, 0.15) is 51.4 Å². The van der Waals surface area contributed by atoms with E-state index in [1.807, 2.05) is 0 Å². The number of carbonyl (C=O) groups excluding carboxylic acids is 1. The Balaban J connectivity index is 1.93. The van der Waals surface area contributed by atoms with E-state index >= 15 is 0 Å². The molecule has 2 aliphatic rings. The zero-order chi connectivity index (χ0) is 13.9. The maximum atomic E-state index is 12.0. The summed E-state index contributed by atoms with van der Waals surface area (Å²) in [4.78, 5) is 12.0.